The van der Waals surface area contributed by atoms with E-state index in [0.29, 0.717) is 5.75 Å². The van der Waals surface area contributed by atoms with Gasteiger partial charge in [-0.2, -0.15) is 0 Å². The number of hydrogen-bond acceptors (Lipinski definition) is 3. The van der Waals surface area contributed by atoms with Gasteiger partial charge in [0.05, 0.1) is 12.0 Å². The Labute approximate surface area is 143 Å². The molecule has 1 N–H and O–H groups in total. The van der Waals surface area contributed by atoms with Crippen LogP contribution in [0.3, 0.4) is 0 Å². The lowest BCUT2D eigenvalue weighted by molar-refractivity contribution is 0.0995. The smallest absolute Gasteiger partial charge is 0.291 e. The number of thioether (sulfide) groups is 1. The predicted octanol–water partition coefficient (Wildman–Crippen LogP) is 5.27. The van der Waals surface area contributed by atoms with E-state index >= 15 is 0 Å². The fourth-order valence-corrected chi connectivity index (χ4v) is 3.14. The van der Waals surface area contributed by atoms with Crippen LogP contribution in [0.25, 0.3) is 0 Å². The highest BCUT2D eigenvalue weighted by Crippen LogP contribution is 2.25. The zero-order chi connectivity index (χ0) is 16.9. The number of benzene rings is 2. The van der Waals surface area contributed by atoms with Crippen molar-refractivity contribution in [1.29, 1.82) is 0 Å². The van der Waals surface area contributed by atoms with Gasteiger partial charge in [0.15, 0.2) is 5.76 Å². The number of amides is 1. The molecule has 0 aliphatic heterocycles. The monoisotopic (exact) mass is 341 g/mol. The van der Waals surface area contributed by atoms with Gasteiger partial charge in [0.2, 0.25) is 0 Å². The average Bonchev–Trinajstić information content (AvgIpc) is 3.06. The Bertz CT molecular complexity index is 846. The zero-order valence-electron chi connectivity index (χ0n) is 13.1. The molecule has 0 aliphatic rings. The molecule has 0 atom stereocenters. The van der Waals surface area contributed by atoms with Crippen molar-refractivity contribution in [1.82, 2.24) is 0 Å². The van der Waals surface area contributed by atoms with Crippen LogP contribution in [0.2, 0.25) is 0 Å². The summed E-state index contributed by atoms with van der Waals surface area (Å²) in [6, 6.07) is 16.2. The lowest BCUT2D eigenvalue weighted by Crippen LogP contribution is -2.14. The van der Waals surface area contributed by atoms with Crippen molar-refractivity contribution in [2.75, 3.05) is 5.32 Å². The van der Waals surface area contributed by atoms with Crippen molar-refractivity contribution in [3.05, 3.63) is 83.6 Å². The molecule has 0 aliphatic carbocycles. The second-order valence-electron chi connectivity index (χ2n) is 5.31. The number of halogens is 1. The average molecular weight is 341 g/mol. The third-order valence-electron chi connectivity index (χ3n) is 3.46. The van der Waals surface area contributed by atoms with E-state index in [4.69, 9.17) is 4.42 Å². The summed E-state index contributed by atoms with van der Waals surface area (Å²) in [7, 11) is 0. The highest BCUT2D eigenvalue weighted by Gasteiger charge is 2.17. The summed E-state index contributed by atoms with van der Waals surface area (Å²) in [6.45, 7) is 1.84. The van der Waals surface area contributed by atoms with Gasteiger partial charge in [-0.1, -0.05) is 24.3 Å². The standard InChI is InChI=1S/C19H16FNO2S/c1-13-7-8-16(20)17(11-13)21-19(22)18-14(9-10-23-18)12-24-15-5-3-2-4-6-15/h2-11H,12H2,1H3,(H,21,22). The van der Waals surface area contributed by atoms with E-state index in [1.54, 1.807) is 30.0 Å². The van der Waals surface area contributed by atoms with Crippen molar-refractivity contribution in [3.8, 4) is 0 Å². The Morgan fingerprint density at radius 3 is 2.75 bits per heavy atom. The van der Waals surface area contributed by atoms with Crippen LogP contribution < -0.4 is 5.32 Å². The van der Waals surface area contributed by atoms with Crippen LogP contribution in [-0.4, -0.2) is 5.91 Å². The molecular formula is C19H16FNO2S. The van der Waals surface area contributed by atoms with Gasteiger partial charge in [0.25, 0.3) is 5.91 Å². The first-order valence-electron chi connectivity index (χ1n) is 7.45. The fourth-order valence-electron chi connectivity index (χ4n) is 2.24. The van der Waals surface area contributed by atoms with E-state index in [2.05, 4.69) is 5.32 Å². The maximum absolute atomic E-state index is 13.8. The summed E-state index contributed by atoms with van der Waals surface area (Å²) >= 11 is 1.61. The van der Waals surface area contributed by atoms with E-state index in [-0.39, 0.29) is 11.4 Å². The molecule has 3 aromatic rings. The number of aryl methyl sites for hydroxylation is 1. The van der Waals surface area contributed by atoms with E-state index in [1.807, 2.05) is 37.3 Å². The summed E-state index contributed by atoms with van der Waals surface area (Å²) in [4.78, 5) is 13.5. The second kappa shape index (κ2) is 7.36. The van der Waals surface area contributed by atoms with Crippen LogP contribution >= 0.6 is 11.8 Å². The van der Waals surface area contributed by atoms with Gasteiger partial charge in [-0.3, -0.25) is 4.79 Å². The largest absolute Gasteiger partial charge is 0.459 e. The molecule has 0 fully saturated rings. The number of hydrogen-bond donors (Lipinski definition) is 1. The molecule has 0 spiro atoms. The minimum absolute atomic E-state index is 0.151. The van der Waals surface area contributed by atoms with Gasteiger partial charge < -0.3 is 9.73 Å². The Hall–Kier alpha value is -2.53. The van der Waals surface area contributed by atoms with Gasteiger partial charge in [-0.25, -0.2) is 4.39 Å². The minimum atomic E-state index is -0.472. The molecule has 3 nitrogen and oxygen atoms in total. The minimum Gasteiger partial charge on any atom is -0.459 e. The Morgan fingerprint density at radius 1 is 1.17 bits per heavy atom. The Kier molecular flexibility index (Phi) is 5.01. The summed E-state index contributed by atoms with van der Waals surface area (Å²) in [5.41, 5.74) is 1.79. The molecule has 0 saturated carbocycles. The van der Waals surface area contributed by atoms with Crippen molar-refractivity contribution in [2.45, 2.75) is 17.6 Å². The first kappa shape index (κ1) is 16.3. The lowest BCUT2D eigenvalue weighted by Gasteiger charge is -2.07. The van der Waals surface area contributed by atoms with Gasteiger partial charge in [-0.05, 0) is 42.8 Å². The number of rotatable bonds is 5. The van der Waals surface area contributed by atoms with Crippen LogP contribution in [0, 0.1) is 12.7 Å². The van der Waals surface area contributed by atoms with Crippen molar-refractivity contribution in [2.24, 2.45) is 0 Å². The maximum atomic E-state index is 13.8. The first-order chi connectivity index (χ1) is 11.6. The normalized spacial score (nSPS) is 10.6. The second-order valence-corrected chi connectivity index (χ2v) is 6.36. The molecule has 0 radical (unpaired) electrons. The van der Waals surface area contributed by atoms with Gasteiger partial charge in [0, 0.05) is 16.2 Å². The van der Waals surface area contributed by atoms with E-state index in [9.17, 15) is 9.18 Å². The van der Waals surface area contributed by atoms with Crippen molar-refractivity contribution in [3.63, 3.8) is 0 Å². The molecule has 2 aromatic carbocycles. The number of furan rings is 1. The molecule has 24 heavy (non-hydrogen) atoms. The molecular weight excluding hydrogens is 325 g/mol. The van der Waals surface area contributed by atoms with Crippen LogP contribution in [0.15, 0.2) is 70.2 Å². The molecule has 1 amide bonds. The predicted molar refractivity (Wildman–Crippen MR) is 93.8 cm³/mol. The van der Waals surface area contributed by atoms with Crippen molar-refractivity contribution >= 4 is 23.4 Å². The highest BCUT2D eigenvalue weighted by molar-refractivity contribution is 7.98. The van der Waals surface area contributed by atoms with Gasteiger partial charge >= 0.3 is 0 Å². The number of carbonyl (C=O) groups excluding carboxylic acids is 1. The lowest BCUT2D eigenvalue weighted by atomic mass is 10.2. The van der Waals surface area contributed by atoms with Crippen LogP contribution in [-0.2, 0) is 5.75 Å². The summed E-state index contributed by atoms with van der Waals surface area (Å²) in [5, 5.41) is 2.58. The quantitative estimate of drug-likeness (QED) is 0.643. The Balaban J connectivity index is 1.72. The summed E-state index contributed by atoms with van der Waals surface area (Å²) in [6.07, 6.45) is 1.47. The molecule has 1 heterocycles. The topological polar surface area (TPSA) is 42.2 Å². The molecule has 0 bridgehead atoms. The number of nitrogens with one attached hydrogen (secondary N) is 1. The molecule has 1 aromatic heterocycles. The molecule has 0 saturated heterocycles. The Morgan fingerprint density at radius 2 is 1.96 bits per heavy atom. The third kappa shape index (κ3) is 3.86. The third-order valence-corrected chi connectivity index (χ3v) is 4.52. The fraction of sp³-hybridized carbons (Fsp3) is 0.105. The first-order valence-corrected chi connectivity index (χ1v) is 8.44. The van der Waals surface area contributed by atoms with Crippen LogP contribution in [0.4, 0.5) is 10.1 Å². The summed E-state index contributed by atoms with van der Waals surface area (Å²) in [5.74, 6) is -0.118. The van der Waals surface area contributed by atoms with Crippen LogP contribution in [0.5, 0.6) is 0 Å². The molecule has 122 valence electrons. The highest BCUT2D eigenvalue weighted by atomic mass is 32.2. The number of carbonyl (C=O) groups is 1. The van der Waals surface area contributed by atoms with E-state index in [1.165, 1.54) is 12.3 Å². The maximum Gasteiger partial charge on any atom is 0.291 e. The molecule has 0 unspecified atom stereocenters. The van der Waals surface area contributed by atoms with Crippen molar-refractivity contribution < 1.29 is 13.6 Å². The molecule has 5 heteroatoms. The SMILES string of the molecule is Cc1ccc(F)c(NC(=O)c2occc2CSc2ccccc2)c1. The van der Waals surface area contributed by atoms with E-state index < -0.39 is 11.7 Å². The van der Waals surface area contributed by atoms with Gasteiger partial charge in [-0.15, -0.1) is 11.8 Å². The number of anilines is 1. The summed E-state index contributed by atoms with van der Waals surface area (Å²) < 4.78 is 19.1. The zero-order valence-corrected chi connectivity index (χ0v) is 13.9. The van der Waals surface area contributed by atoms with Gasteiger partial charge in [0.1, 0.15) is 5.82 Å². The van der Waals surface area contributed by atoms with E-state index in [0.717, 1.165) is 16.0 Å². The molecule has 3 rings (SSSR count). The van der Waals surface area contributed by atoms with Crippen LogP contribution in [0.1, 0.15) is 21.7 Å².